The average molecular weight is 495 g/mol. The molecule has 1 aromatic carbocycles. The van der Waals surface area contributed by atoms with Gasteiger partial charge in [-0.2, -0.15) is 0 Å². The summed E-state index contributed by atoms with van der Waals surface area (Å²) < 4.78 is 0. The molecule has 1 heterocycles. The maximum atomic E-state index is 13.6. The predicted octanol–water partition coefficient (Wildman–Crippen LogP) is 4.27. The summed E-state index contributed by atoms with van der Waals surface area (Å²) in [5.74, 6) is -1.16. The SMILES string of the molecule is CC(C)CCC(=O)N([C@@H](CC=Cc1ccccc1)C(=O)NO)N(CC(C)C)C(=O)Cc1ccccn1. The lowest BCUT2D eigenvalue weighted by Gasteiger charge is -2.40. The van der Waals surface area contributed by atoms with Crippen LogP contribution < -0.4 is 5.48 Å². The molecular weight excluding hydrogens is 456 g/mol. The lowest BCUT2D eigenvalue weighted by atomic mass is 10.1. The van der Waals surface area contributed by atoms with Gasteiger partial charge in [0.05, 0.1) is 6.42 Å². The predicted molar refractivity (Wildman–Crippen MR) is 139 cm³/mol. The van der Waals surface area contributed by atoms with Crippen LogP contribution in [0.2, 0.25) is 0 Å². The second kappa shape index (κ2) is 14.8. The van der Waals surface area contributed by atoms with Crippen molar-refractivity contribution in [1.82, 2.24) is 20.5 Å². The number of hydrazine groups is 1. The Morgan fingerprint density at radius 3 is 2.25 bits per heavy atom. The third kappa shape index (κ3) is 9.26. The second-order valence-corrected chi connectivity index (χ2v) is 9.58. The van der Waals surface area contributed by atoms with Gasteiger partial charge >= 0.3 is 0 Å². The number of carbonyl (C=O) groups excluding carboxylic acids is 3. The molecule has 0 aliphatic carbocycles. The molecule has 8 heteroatoms. The van der Waals surface area contributed by atoms with E-state index in [0.29, 0.717) is 12.1 Å². The number of hydrogen-bond donors (Lipinski definition) is 2. The highest BCUT2D eigenvalue weighted by Crippen LogP contribution is 2.19. The number of amides is 3. The van der Waals surface area contributed by atoms with Crippen LogP contribution in [0.5, 0.6) is 0 Å². The number of nitrogens with one attached hydrogen (secondary N) is 1. The number of aromatic nitrogens is 1. The van der Waals surface area contributed by atoms with Crippen LogP contribution in [0.3, 0.4) is 0 Å². The molecule has 0 unspecified atom stereocenters. The molecule has 3 amide bonds. The largest absolute Gasteiger partial charge is 0.289 e. The van der Waals surface area contributed by atoms with Crippen molar-refractivity contribution in [2.45, 2.75) is 59.4 Å². The number of pyridine rings is 1. The summed E-state index contributed by atoms with van der Waals surface area (Å²) in [6.07, 6.45) is 6.09. The zero-order valence-corrected chi connectivity index (χ0v) is 21.6. The van der Waals surface area contributed by atoms with Crippen molar-refractivity contribution in [3.63, 3.8) is 0 Å². The maximum absolute atomic E-state index is 13.6. The fraction of sp³-hybridized carbons (Fsp3) is 0.429. The van der Waals surface area contributed by atoms with Crippen molar-refractivity contribution < 1.29 is 19.6 Å². The van der Waals surface area contributed by atoms with Gasteiger partial charge in [0.2, 0.25) is 11.8 Å². The summed E-state index contributed by atoms with van der Waals surface area (Å²) >= 11 is 0. The van der Waals surface area contributed by atoms with E-state index in [1.807, 2.05) is 64.1 Å². The molecule has 0 bridgehead atoms. The molecule has 0 fully saturated rings. The lowest BCUT2D eigenvalue weighted by Crippen LogP contribution is -2.59. The molecule has 0 saturated heterocycles. The minimum atomic E-state index is -1.11. The van der Waals surface area contributed by atoms with Crippen molar-refractivity contribution >= 4 is 23.8 Å². The van der Waals surface area contributed by atoms with Gasteiger partial charge in [-0.05, 0) is 42.4 Å². The summed E-state index contributed by atoms with van der Waals surface area (Å²) in [6.45, 7) is 8.13. The van der Waals surface area contributed by atoms with Crippen molar-refractivity contribution in [2.75, 3.05) is 6.54 Å². The normalized spacial score (nSPS) is 12.1. The third-order valence-electron chi connectivity index (χ3n) is 5.51. The molecule has 1 atom stereocenters. The van der Waals surface area contributed by atoms with Gasteiger partial charge in [0.25, 0.3) is 5.91 Å². The first-order chi connectivity index (χ1) is 17.2. The van der Waals surface area contributed by atoms with E-state index < -0.39 is 11.9 Å². The van der Waals surface area contributed by atoms with Crippen LogP contribution in [0.4, 0.5) is 0 Å². The first-order valence-corrected chi connectivity index (χ1v) is 12.4. The molecule has 0 aliphatic heterocycles. The van der Waals surface area contributed by atoms with Gasteiger partial charge in [0.1, 0.15) is 6.04 Å². The fourth-order valence-corrected chi connectivity index (χ4v) is 3.70. The summed E-state index contributed by atoms with van der Waals surface area (Å²) in [4.78, 5) is 44.2. The van der Waals surface area contributed by atoms with Crippen LogP contribution in [0.1, 0.15) is 58.2 Å². The Hall–Kier alpha value is -3.52. The maximum Gasteiger partial charge on any atom is 0.268 e. The zero-order valence-electron chi connectivity index (χ0n) is 21.6. The van der Waals surface area contributed by atoms with Gasteiger partial charge in [-0.3, -0.25) is 29.6 Å². The number of hydrogen-bond acceptors (Lipinski definition) is 5. The van der Waals surface area contributed by atoms with Crippen molar-refractivity contribution in [1.29, 1.82) is 0 Å². The van der Waals surface area contributed by atoms with Gasteiger partial charge in [-0.1, -0.05) is 76.2 Å². The molecule has 2 rings (SSSR count). The van der Waals surface area contributed by atoms with Crippen LogP contribution in [0, 0.1) is 11.8 Å². The van der Waals surface area contributed by atoms with E-state index in [2.05, 4.69) is 4.98 Å². The van der Waals surface area contributed by atoms with Gasteiger partial charge < -0.3 is 0 Å². The Labute approximate surface area is 213 Å². The van der Waals surface area contributed by atoms with E-state index in [1.165, 1.54) is 10.0 Å². The van der Waals surface area contributed by atoms with Crippen molar-refractivity contribution in [2.24, 2.45) is 11.8 Å². The zero-order chi connectivity index (χ0) is 26.5. The highest BCUT2D eigenvalue weighted by atomic mass is 16.5. The molecule has 0 aliphatic rings. The quantitative estimate of drug-likeness (QED) is 0.339. The molecule has 194 valence electrons. The van der Waals surface area contributed by atoms with E-state index in [1.54, 1.807) is 36.0 Å². The molecule has 0 radical (unpaired) electrons. The van der Waals surface area contributed by atoms with E-state index in [4.69, 9.17) is 0 Å². The molecule has 1 aromatic heterocycles. The second-order valence-electron chi connectivity index (χ2n) is 9.58. The number of hydroxylamine groups is 1. The highest BCUT2D eigenvalue weighted by molar-refractivity contribution is 5.89. The number of rotatable bonds is 12. The summed E-state index contributed by atoms with van der Waals surface area (Å²) in [5, 5.41) is 12.1. The molecule has 0 saturated carbocycles. The van der Waals surface area contributed by atoms with E-state index in [9.17, 15) is 19.6 Å². The summed E-state index contributed by atoms with van der Waals surface area (Å²) in [6, 6.07) is 13.8. The highest BCUT2D eigenvalue weighted by Gasteiger charge is 2.36. The van der Waals surface area contributed by atoms with Gasteiger partial charge in [-0.25, -0.2) is 10.5 Å². The Bertz CT molecular complexity index is 993. The Kier molecular flexibility index (Phi) is 11.8. The summed E-state index contributed by atoms with van der Waals surface area (Å²) in [5.41, 5.74) is 3.20. The first-order valence-electron chi connectivity index (χ1n) is 12.4. The molecule has 36 heavy (non-hydrogen) atoms. The molecule has 8 nitrogen and oxygen atoms in total. The van der Waals surface area contributed by atoms with Crippen LogP contribution in [-0.4, -0.2) is 50.5 Å². The van der Waals surface area contributed by atoms with E-state index in [-0.39, 0.29) is 49.5 Å². The molecule has 2 N–H and O–H groups in total. The molecular formula is C28H38N4O4. The van der Waals surface area contributed by atoms with Crippen LogP contribution in [-0.2, 0) is 20.8 Å². The van der Waals surface area contributed by atoms with Crippen LogP contribution >= 0.6 is 0 Å². The van der Waals surface area contributed by atoms with Gasteiger partial charge in [0, 0.05) is 24.9 Å². The number of carbonyl (C=O) groups is 3. The number of nitrogens with zero attached hydrogens (tertiary/aromatic N) is 3. The standard InChI is InChI=1S/C28H38N4O4/c1-21(2)16-17-26(33)32(25(28(35)30-36)15-10-13-23-11-6-5-7-12-23)31(20-22(3)4)27(34)19-24-14-8-9-18-29-24/h5-14,18,21-22,25,36H,15-17,19-20H2,1-4H3,(H,30,35)/t25-/m0/s1. The average Bonchev–Trinajstić information content (AvgIpc) is 2.86. The molecule has 0 spiro atoms. The molecule has 2 aromatic rings. The Balaban J connectivity index is 2.44. The van der Waals surface area contributed by atoms with E-state index in [0.717, 1.165) is 5.56 Å². The minimum Gasteiger partial charge on any atom is -0.289 e. The van der Waals surface area contributed by atoms with E-state index >= 15 is 0 Å². The fourth-order valence-electron chi connectivity index (χ4n) is 3.70. The van der Waals surface area contributed by atoms with Gasteiger partial charge in [0.15, 0.2) is 0 Å². The summed E-state index contributed by atoms with van der Waals surface area (Å²) in [7, 11) is 0. The Morgan fingerprint density at radius 2 is 1.67 bits per heavy atom. The first kappa shape index (κ1) is 28.7. The lowest BCUT2D eigenvalue weighted by molar-refractivity contribution is -0.175. The minimum absolute atomic E-state index is 0.0190. The smallest absolute Gasteiger partial charge is 0.268 e. The van der Waals surface area contributed by atoms with Gasteiger partial charge in [-0.15, -0.1) is 0 Å². The van der Waals surface area contributed by atoms with Crippen molar-refractivity contribution in [3.05, 3.63) is 72.1 Å². The topological polar surface area (TPSA) is 103 Å². The number of benzene rings is 1. The third-order valence-corrected chi connectivity index (χ3v) is 5.51. The monoisotopic (exact) mass is 494 g/mol. The van der Waals surface area contributed by atoms with Crippen molar-refractivity contribution in [3.8, 4) is 0 Å². The Morgan fingerprint density at radius 1 is 0.972 bits per heavy atom. The van der Waals surface area contributed by atoms with Crippen LogP contribution in [0.15, 0.2) is 60.8 Å². The van der Waals surface area contributed by atoms with Crippen LogP contribution in [0.25, 0.3) is 6.08 Å².